The molecule has 1 amide bonds. The van der Waals surface area contributed by atoms with Gasteiger partial charge in [0.25, 0.3) is 5.91 Å². The van der Waals surface area contributed by atoms with Gasteiger partial charge >= 0.3 is 0 Å². The molecular weight excluding hydrogens is 259 g/mol. The van der Waals surface area contributed by atoms with Gasteiger partial charge in [-0.2, -0.15) is 0 Å². The first kappa shape index (κ1) is 16.2. The third-order valence-electron chi connectivity index (χ3n) is 2.51. The Hall–Kier alpha value is -1.90. The predicted molar refractivity (Wildman–Crippen MR) is 75.8 cm³/mol. The summed E-state index contributed by atoms with van der Waals surface area (Å²) in [5.41, 5.74) is 5.99. The number of halogens is 1. The molecule has 0 aliphatic heterocycles. The Bertz CT molecular complexity index is 506. The fourth-order valence-electron chi connectivity index (χ4n) is 1.58. The van der Waals surface area contributed by atoms with Gasteiger partial charge in [-0.3, -0.25) is 4.79 Å². The van der Waals surface area contributed by atoms with E-state index >= 15 is 0 Å². The molecule has 0 radical (unpaired) electrons. The minimum absolute atomic E-state index is 0.187. The topological polar surface area (TPSA) is 64.3 Å². The van der Waals surface area contributed by atoms with Crippen LogP contribution >= 0.6 is 0 Å². The maximum absolute atomic E-state index is 13.2. The quantitative estimate of drug-likeness (QED) is 0.609. The van der Waals surface area contributed by atoms with Gasteiger partial charge in [-0.1, -0.05) is 11.8 Å². The lowest BCUT2D eigenvalue weighted by Crippen LogP contribution is -2.26. The zero-order valence-electron chi connectivity index (χ0n) is 11.5. The van der Waals surface area contributed by atoms with Crippen molar-refractivity contribution in [3.63, 3.8) is 0 Å². The number of nitrogens with two attached hydrogens (primary N) is 1. The lowest BCUT2D eigenvalue weighted by molar-refractivity contribution is 0.0943. The predicted octanol–water partition coefficient (Wildman–Crippen LogP) is 1.29. The second-order valence-corrected chi connectivity index (χ2v) is 4.00. The van der Waals surface area contributed by atoms with Crippen molar-refractivity contribution >= 4 is 5.91 Å². The molecule has 0 fully saturated rings. The van der Waals surface area contributed by atoms with Crippen molar-refractivity contribution in [3.8, 4) is 11.8 Å². The average molecular weight is 278 g/mol. The van der Waals surface area contributed by atoms with Crippen LogP contribution in [0, 0.1) is 17.7 Å². The normalized spacial score (nSPS) is 9.75. The van der Waals surface area contributed by atoms with E-state index in [1.165, 1.54) is 18.2 Å². The van der Waals surface area contributed by atoms with Crippen LogP contribution in [0.2, 0.25) is 0 Å². The van der Waals surface area contributed by atoms with E-state index in [9.17, 15) is 9.18 Å². The highest BCUT2D eigenvalue weighted by molar-refractivity contribution is 5.96. The number of carbonyl (C=O) groups is 1. The molecule has 4 nitrogen and oxygen atoms in total. The fraction of sp³-hybridized carbons (Fsp3) is 0.400. The van der Waals surface area contributed by atoms with E-state index < -0.39 is 5.82 Å². The standard InChI is InChI=1S/C15H19FN2O2/c1-2-20-10-4-9-18-15(19)14-11-13(16)7-6-12(14)5-3-8-17/h6-7,11H,2,4,8-10,17H2,1H3,(H,18,19). The van der Waals surface area contributed by atoms with E-state index in [0.717, 1.165) is 0 Å². The Morgan fingerprint density at radius 1 is 1.50 bits per heavy atom. The molecule has 0 heterocycles. The highest BCUT2D eigenvalue weighted by Gasteiger charge is 2.10. The van der Waals surface area contributed by atoms with E-state index in [1.807, 2.05) is 6.92 Å². The van der Waals surface area contributed by atoms with E-state index in [1.54, 1.807) is 0 Å². The van der Waals surface area contributed by atoms with Crippen LogP contribution in [0.1, 0.15) is 29.3 Å². The summed E-state index contributed by atoms with van der Waals surface area (Å²) in [6, 6.07) is 3.93. The van der Waals surface area contributed by atoms with Crippen LogP contribution in [-0.2, 0) is 4.74 Å². The summed E-state index contributed by atoms with van der Waals surface area (Å²) in [5, 5.41) is 2.72. The SMILES string of the molecule is CCOCCCNC(=O)c1cc(F)ccc1C#CCN. The van der Waals surface area contributed by atoms with Crippen LogP contribution in [0.4, 0.5) is 4.39 Å². The number of nitrogens with one attached hydrogen (secondary N) is 1. The van der Waals surface area contributed by atoms with Crippen LogP contribution in [0.3, 0.4) is 0 Å². The first-order valence-electron chi connectivity index (χ1n) is 6.53. The molecule has 0 bridgehead atoms. The number of carbonyl (C=O) groups excluding carboxylic acids is 1. The van der Waals surface area contributed by atoms with Crippen LogP contribution in [0.5, 0.6) is 0 Å². The lowest BCUT2D eigenvalue weighted by atomic mass is 10.1. The molecule has 0 aromatic heterocycles. The molecule has 20 heavy (non-hydrogen) atoms. The Morgan fingerprint density at radius 3 is 3.00 bits per heavy atom. The maximum Gasteiger partial charge on any atom is 0.252 e. The number of benzene rings is 1. The van der Waals surface area contributed by atoms with Gasteiger partial charge in [0.2, 0.25) is 0 Å². The Labute approximate surface area is 118 Å². The number of hydrogen-bond acceptors (Lipinski definition) is 3. The summed E-state index contributed by atoms with van der Waals surface area (Å²) in [7, 11) is 0. The van der Waals surface area contributed by atoms with Gasteiger partial charge in [0.1, 0.15) is 5.82 Å². The van der Waals surface area contributed by atoms with Gasteiger partial charge in [0.15, 0.2) is 0 Å². The molecule has 108 valence electrons. The van der Waals surface area contributed by atoms with E-state index in [2.05, 4.69) is 17.2 Å². The minimum atomic E-state index is -0.470. The molecule has 5 heteroatoms. The van der Waals surface area contributed by atoms with Crippen molar-refractivity contribution in [2.75, 3.05) is 26.3 Å². The molecule has 0 saturated heterocycles. The second kappa shape index (κ2) is 9.08. The summed E-state index contributed by atoms with van der Waals surface area (Å²) in [5.74, 6) is 4.61. The minimum Gasteiger partial charge on any atom is -0.382 e. The molecule has 1 aromatic carbocycles. The Morgan fingerprint density at radius 2 is 2.30 bits per heavy atom. The molecular formula is C15H19FN2O2. The van der Waals surface area contributed by atoms with Crippen molar-refractivity contribution < 1.29 is 13.9 Å². The molecule has 0 saturated carbocycles. The monoisotopic (exact) mass is 278 g/mol. The maximum atomic E-state index is 13.2. The first-order chi connectivity index (χ1) is 9.69. The number of ether oxygens (including phenoxy) is 1. The van der Waals surface area contributed by atoms with E-state index in [-0.39, 0.29) is 18.0 Å². The van der Waals surface area contributed by atoms with Gasteiger partial charge in [-0.05, 0) is 31.5 Å². The highest BCUT2D eigenvalue weighted by Crippen LogP contribution is 2.10. The Kier molecular flexibility index (Phi) is 7.33. The largest absolute Gasteiger partial charge is 0.382 e. The average Bonchev–Trinajstić information content (AvgIpc) is 2.45. The molecule has 3 N–H and O–H groups in total. The molecule has 0 aliphatic rings. The lowest BCUT2D eigenvalue weighted by Gasteiger charge is -2.07. The molecule has 0 spiro atoms. The summed E-state index contributed by atoms with van der Waals surface area (Å²) in [6.07, 6.45) is 0.707. The Balaban J connectivity index is 2.68. The highest BCUT2D eigenvalue weighted by atomic mass is 19.1. The van der Waals surface area contributed by atoms with E-state index in [4.69, 9.17) is 10.5 Å². The van der Waals surface area contributed by atoms with Crippen LogP contribution in [0.25, 0.3) is 0 Å². The van der Waals surface area contributed by atoms with Crippen molar-refractivity contribution in [1.82, 2.24) is 5.32 Å². The van der Waals surface area contributed by atoms with Gasteiger partial charge in [-0.15, -0.1) is 0 Å². The number of hydrogen-bond donors (Lipinski definition) is 2. The first-order valence-corrected chi connectivity index (χ1v) is 6.53. The number of rotatable bonds is 6. The molecule has 1 rings (SSSR count). The second-order valence-electron chi connectivity index (χ2n) is 4.00. The van der Waals surface area contributed by atoms with E-state index in [0.29, 0.717) is 31.7 Å². The van der Waals surface area contributed by atoms with Crippen molar-refractivity contribution in [2.24, 2.45) is 5.73 Å². The van der Waals surface area contributed by atoms with Gasteiger partial charge in [0.05, 0.1) is 12.1 Å². The van der Waals surface area contributed by atoms with Crippen molar-refractivity contribution in [3.05, 3.63) is 35.1 Å². The molecule has 0 unspecified atom stereocenters. The molecule has 0 atom stereocenters. The van der Waals surface area contributed by atoms with Crippen LogP contribution < -0.4 is 11.1 Å². The zero-order chi connectivity index (χ0) is 14.8. The van der Waals surface area contributed by atoms with Crippen molar-refractivity contribution in [2.45, 2.75) is 13.3 Å². The summed E-state index contributed by atoms with van der Waals surface area (Å²) in [4.78, 5) is 12.0. The molecule has 1 aromatic rings. The van der Waals surface area contributed by atoms with Crippen LogP contribution in [-0.4, -0.2) is 32.2 Å². The third-order valence-corrected chi connectivity index (χ3v) is 2.51. The number of amides is 1. The van der Waals surface area contributed by atoms with Crippen LogP contribution in [0.15, 0.2) is 18.2 Å². The van der Waals surface area contributed by atoms with Gasteiger partial charge in [0, 0.05) is 25.3 Å². The summed E-state index contributed by atoms with van der Waals surface area (Å²) >= 11 is 0. The molecule has 0 aliphatic carbocycles. The third kappa shape index (κ3) is 5.39. The van der Waals surface area contributed by atoms with Gasteiger partial charge in [-0.25, -0.2) is 4.39 Å². The summed E-state index contributed by atoms with van der Waals surface area (Å²) in [6.45, 7) is 3.80. The van der Waals surface area contributed by atoms with Crippen molar-refractivity contribution in [1.29, 1.82) is 0 Å². The zero-order valence-corrected chi connectivity index (χ0v) is 11.5. The smallest absolute Gasteiger partial charge is 0.252 e. The van der Waals surface area contributed by atoms with Gasteiger partial charge < -0.3 is 15.8 Å². The summed E-state index contributed by atoms with van der Waals surface area (Å²) < 4.78 is 18.4. The fourth-order valence-corrected chi connectivity index (χ4v) is 1.58.